The normalized spacial score (nSPS) is 10.7. The summed E-state index contributed by atoms with van der Waals surface area (Å²) in [4.78, 5) is 24.3. The van der Waals surface area contributed by atoms with Crippen molar-refractivity contribution in [2.75, 3.05) is 7.11 Å². The van der Waals surface area contributed by atoms with Gasteiger partial charge in [-0.3, -0.25) is 0 Å². The molecule has 0 saturated heterocycles. The van der Waals surface area contributed by atoms with Gasteiger partial charge in [-0.15, -0.1) is 0 Å². The number of methoxy groups -OCH3 is 1. The molecule has 5 heteroatoms. The number of esters is 1. The standard InChI is InChI=1S/C20H19NO4/c1-13-14(2)21(20(23)25-12-15-7-5-4-6-8-15)18-10-9-16(11-17(13)18)19(22)24-3/h4-11H,12H2,1-3H3. The fourth-order valence-electron chi connectivity index (χ4n) is 2.84. The minimum atomic E-state index is -0.440. The van der Waals surface area contributed by atoms with Gasteiger partial charge in [0.1, 0.15) is 6.61 Å². The third-order valence-corrected chi connectivity index (χ3v) is 4.33. The van der Waals surface area contributed by atoms with Crippen LogP contribution in [0.4, 0.5) is 4.79 Å². The van der Waals surface area contributed by atoms with Crippen molar-refractivity contribution in [1.29, 1.82) is 0 Å². The van der Waals surface area contributed by atoms with E-state index in [0.29, 0.717) is 11.1 Å². The Labute approximate surface area is 145 Å². The highest BCUT2D eigenvalue weighted by atomic mass is 16.5. The van der Waals surface area contributed by atoms with Gasteiger partial charge in [-0.05, 0) is 43.2 Å². The zero-order valence-electron chi connectivity index (χ0n) is 14.4. The molecule has 0 fully saturated rings. The Bertz CT molecular complexity index is 941. The monoisotopic (exact) mass is 337 g/mol. The van der Waals surface area contributed by atoms with Crippen molar-refractivity contribution in [3.8, 4) is 0 Å². The van der Waals surface area contributed by atoms with Crippen molar-refractivity contribution < 1.29 is 19.1 Å². The molecule has 0 N–H and O–H groups in total. The Hall–Kier alpha value is -3.08. The van der Waals surface area contributed by atoms with Gasteiger partial charge >= 0.3 is 12.1 Å². The van der Waals surface area contributed by atoms with Gasteiger partial charge in [0.2, 0.25) is 0 Å². The lowest BCUT2D eigenvalue weighted by atomic mass is 10.1. The predicted molar refractivity (Wildman–Crippen MR) is 94.8 cm³/mol. The van der Waals surface area contributed by atoms with Crippen molar-refractivity contribution in [1.82, 2.24) is 4.57 Å². The van der Waals surface area contributed by atoms with Crippen LogP contribution in [0.2, 0.25) is 0 Å². The summed E-state index contributed by atoms with van der Waals surface area (Å²) in [5.74, 6) is -0.404. The first kappa shape index (κ1) is 16.8. The highest BCUT2D eigenvalue weighted by Gasteiger charge is 2.19. The van der Waals surface area contributed by atoms with Gasteiger partial charge in [0.05, 0.1) is 18.2 Å². The Morgan fingerprint density at radius 2 is 1.76 bits per heavy atom. The van der Waals surface area contributed by atoms with E-state index >= 15 is 0 Å². The van der Waals surface area contributed by atoms with Crippen molar-refractivity contribution in [2.45, 2.75) is 20.5 Å². The zero-order valence-corrected chi connectivity index (χ0v) is 14.4. The van der Waals surface area contributed by atoms with Crippen molar-refractivity contribution in [3.05, 3.63) is 70.9 Å². The van der Waals surface area contributed by atoms with Crippen LogP contribution in [0.1, 0.15) is 27.2 Å². The lowest BCUT2D eigenvalue weighted by Gasteiger charge is -2.09. The molecule has 128 valence electrons. The SMILES string of the molecule is COC(=O)c1ccc2c(c1)c(C)c(C)n2C(=O)OCc1ccccc1. The number of rotatable bonds is 3. The summed E-state index contributed by atoms with van der Waals surface area (Å²) in [6, 6.07) is 14.7. The minimum Gasteiger partial charge on any atom is -0.465 e. The van der Waals surface area contributed by atoms with Gasteiger partial charge < -0.3 is 9.47 Å². The van der Waals surface area contributed by atoms with Gasteiger partial charge in [-0.2, -0.15) is 0 Å². The number of hydrogen-bond donors (Lipinski definition) is 0. The van der Waals surface area contributed by atoms with Crippen molar-refractivity contribution >= 4 is 23.0 Å². The highest BCUT2D eigenvalue weighted by Crippen LogP contribution is 2.27. The molecule has 0 aliphatic rings. The molecule has 0 spiro atoms. The molecule has 0 bridgehead atoms. The van der Waals surface area contributed by atoms with E-state index < -0.39 is 12.1 Å². The van der Waals surface area contributed by atoms with Crippen LogP contribution in [-0.2, 0) is 16.1 Å². The number of hydrogen-bond acceptors (Lipinski definition) is 4. The second-order valence-corrected chi connectivity index (χ2v) is 5.81. The molecular formula is C20H19NO4. The quantitative estimate of drug-likeness (QED) is 0.671. The molecule has 1 heterocycles. The smallest absolute Gasteiger partial charge is 0.419 e. The minimum absolute atomic E-state index is 0.206. The topological polar surface area (TPSA) is 57.5 Å². The molecule has 2 aromatic carbocycles. The zero-order chi connectivity index (χ0) is 18.0. The maximum atomic E-state index is 12.6. The van der Waals surface area contributed by atoms with Crippen LogP contribution >= 0.6 is 0 Å². The first-order valence-corrected chi connectivity index (χ1v) is 7.94. The first-order valence-electron chi connectivity index (χ1n) is 7.94. The lowest BCUT2D eigenvalue weighted by molar-refractivity contribution is 0.0601. The molecular weight excluding hydrogens is 318 g/mol. The Morgan fingerprint density at radius 1 is 1.04 bits per heavy atom. The Balaban J connectivity index is 1.94. The summed E-state index contributed by atoms with van der Waals surface area (Å²) in [6.45, 7) is 3.98. The van der Waals surface area contributed by atoms with E-state index in [1.54, 1.807) is 18.2 Å². The number of aromatic nitrogens is 1. The lowest BCUT2D eigenvalue weighted by Crippen LogP contribution is -2.15. The maximum Gasteiger partial charge on any atom is 0.419 e. The second-order valence-electron chi connectivity index (χ2n) is 5.81. The molecule has 0 aliphatic heterocycles. The van der Waals surface area contributed by atoms with Crippen LogP contribution in [0.25, 0.3) is 10.9 Å². The highest BCUT2D eigenvalue weighted by molar-refractivity contribution is 5.99. The largest absolute Gasteiger partial charge is 0.465 e. The van der Waals surface area contributed by atoms with Crippen LogP contribution in [0.15, 0.2) is 48.5 Å². The fourth-order valence-corrected chi connectivity index (χ4v) is 2.84. The number of benzene rings is 2. The van der Waals surface area contributed by atoms with E-state index in [1.807, 2.05) is 44.2 Å². The molecule has 3 rings (SSSR count). The molecule has 0 radical (unpaired) electrons. The van der Waals surface area contributed by atoms with Crippen LogP contribution < -0.4 is 0 Å². The van der Waals surface area contributed by atoms with E-state index in [2.05, 4.69) is 0 Å². The molecule has 0 saturated carbocycles. The van der Waals surface area contributed by atoms with E-state index in [0.717, 1.165) is 22.2 Å². The molecule has 0 atom stereocenters. The molecule has 1 aromatic heterocycles. The average molecular weight is 337 g/mol. The van der Waals surface area contributed by atoms with E-state index in [1.165, 1.54) is 11.7 Å². The number of nitrogens with zero attached hydrogens (tertiary/aromatic N) is 1. The van der Waals surface area contributed by atoms with Crippen molar-refractivity contribution in [2.24, 2.45) is 0 Å². The molecule has 0 amide bonds. The first-order chi connectivity index (χ1) is 12.0. The van der Waals surface area contributed by atoms with Gasteiger partial charge in [-0.25, -0.2) is 14.2 Å². The second kappa shape index (κ2) is 6.81. The number of carbonyl (C=O) groups is 2. The van der Waals surface area contributed by atoms with Crippen LogP contribution in [0, 0.1) is 13.8 Å². The van der Waals surface area contributed by atoms with Gasteiger partial charge in [0.25, 0.3) is 0 Å². The number of ether oxygens (including phenoxy) is 2. The third kappa shape index (κ3) is 3.13. The summed E-state index contributed by atoms with van der Waals surface area (Å²) in [6.07, 6.45) is -0.440. The number of fused-ring (bicyclic) bond motifs is 1. The summed E-state index contributed by atoms with van der Waals surface area (Å²) in [5.41, 5.74) is 3.80. The molecule has 0 unspecified atom stereocenters. The van der Waals surface area contributed by atoms with Gasteiger partial charge in [0.15, 0.2) is 0 Å². The molecule has 25 heavy (non-hydrogen) atoms. The third-order valence-electron chi connectivity index (χ3n) is 4.33. The van der Waals surface area contributed by atoms with E-state index in [9.17, 15) is 9.59 Å². The molecule has 0 aliphatic carbocycles. The van der Waals surface area contributed by atoms with E-state index in [-0.39, 0.29) is 6.61 Å². The summed E-state index contributed by atoms with van der Waals surface area (Å²) in [5, 5.41) is 0.831. The number of aryl methyl sites for hydroxylation is 1. The fraction of sp³-hybridized carbons (Fsp3) is 0.200. The maximum absolute atomic E-state index is 12.6. The predicted octanol–water partition coefficient (Wildman–Crippen LogP) is 4.23. The summed E-state index contributed by atoms with van der Waals surface area (Å²) < 4.78 is 11.7. The van der Waals surface area contributed by atoms with E-state index in [4.69, 9.17) is 9.47 Å². The molecule has 3 aromatic rings. The van der Waals surface area contributed by atoms with Crippen LogP contribution in [0.5, 0.6) is 0 Å². The average Bonchev–Trinajstić information content (AvgIpc) is 2.90. The van der Waals surface area contributed by atoms with Gasteiger partial charge in [0, 0.05) is 11.1 Å². The summed E-state index contributed by atoms with van der Waals surface area (Å²) in [7, 11) is 1.34. The van der Waals surface area contributed by atoms with Gasteiger partial charge in [-0.1, -0.05) is 30.3 Å². The molecule has 5 nitrogen and oxygen atoms in total. The number of carbonyl (C=O) groups excluding carboxylic acids is 2. The Kier molecular flexibility index (Phi) is 4.57. The summed E-state index contributed by atoms with van der Waals surface area (Å²) >= 11 is 0. The van der Waals surface area contributed by atoms with Crippen LogP contribution in [-0.4, -0.2) is 23.7 Å². The van der Waals surface area contributed by atoms with Crippen molar-refractivity contribution in [3.63, 3.8) is 0 Å². The van der Waals surface area contributed by atoms with Crippen LogP contribution in [0.3, 0.4) is 0 Å². The Morgan fingerprint density at radius 3 is 2.44 bits per heavy atom.